The van der Waals surface area contributed by atoms with Crippen LogP contribution in [0.5, 0.6) is 11.5 Å². The normalized spacial score (nSPS) is 13.8. The molecule has 0 bridgehead atoms. The molecule has 0 atom stereocenters. The Kier molecular flexibility index (Phi) is 1.62. The van der Waals surface area contributed by atoms with Gasteiger partial charge in [0, 0.05) is 18.5 Å². The fraction of sp³-hybridized carbons (Fsp3) is 0.200. The van der Waals surface area contributed by atoms with Gasteiger partial charge in [0.05, 0.1) is 0 Å². The summed E-state index contributed by atoms with van der Waals surface area (Å²) in [6.07, 6.45) is 0. The van der Waals surface area contributed by atoms with Crippen molar-refractivity contribution in [3.8, 4) is 11.5 Å². The van der Waals surface area contributed by atoms with Gasteiger partial charge in [-0.15, -0.1) is 0 Å². The molecule has 6 heteroatoms. The van der Waals surface area contributed by atoms with Gasteiger partial charge < -0.3 is 15.5 Å². The van der Waals surface area contributed by atoms with E-state index >= 15 is 0 Å². The summed E-state index contributed by atoms with van der Waals surface area (Å²) in [5.41, 5.74) is 0.332. The van der Waals surface area contributed by atoms with Crippen molar-refractivity contribution < 1.29 is 10.2 Å². The molecule has 0 spiro atoms. The first-order valence-corrected chi connectivity index (χ1v) is 4.92. The lowest BCUT2D eigenvalue weighted by Crippen LogP contribution is -2.21. The predicted molar refractivity (Wildman–Crippen MR) is 57.4 cm³/mol. The first kappa shape index (κ1) is 9.02. The van der Waals surface area contributed by atoms with Crippen LogP contribution in [0.25, 0.3) is 10.9 Å². The molecule has 1 aromatic heterocycles. The zero-order chi connectivity index (χ0) is 11.3. The molecule has 1 aromatic carbocycles. The van der Waals surface area contributed by atoms with Gasteiger partial charge in [0.25, 0.3) is 0 Å². The molecular weight excluding hydrogens is 208 g/mol. The predicted octanol–water partition coefficient (Wildman–Crippen LogP) is 0.352. The highest BCUT2D eigenvalue weighted by molar-refractivity contribution is 5.94. The number of benzene rings is 1. The minimum Gasteiger partial charge on any atom is -0.504 e. The lowest BCUT2D eigenvalue weighted by molar-refractivity contribution is 0.407. The minimum absolute atomic E-state index is 0.0772. The summed E-state index contributed by atoms with van der Waals surface area (Å²) in [5, 5.41) is 30.6. The zero-order valence-electron chi connectivity index (χ0n) is 8.36. The van der Waals surface area contributed by atoms with Crippen LogP contribution in [0.15, 0.2) is 12.1 Å². The van der Waals surface area contributed by atoms with Crippen molar-refractivity contribution in [3.63, 3.8) is 0 Å². The summed E-state index contributed by atoms with van der Waals surface area (Å²) in [5.74, 6) is 0.274. The van der Waals surface area contributed by atoms with Crippen molar-refractivity contribution in [1.29, 1.82) is 5.41 Å². The monoisotopic (exact) mass is 218 g/mol. The van der Waals surface area contributed by atoms with E-state index in [1.54, 1.807) is 10.6 Å². The zero-order valence-corrected chi connectivity index (χ0v) is 8.36. The molecular formula is C10H10N4O2. The van der Waals surface area contributed by atoms with Crippen LogP contribution in [0.1, 0.15) is 0 Å². The maximum absolute atomic E-state index is 9.68. The third kappa shape index (κ3) is 1.01. The van der Waals surface area contributed by atoms with Gasteiger partial charge in [0.2, 0.25) is 5.62 Å². The van der Waals surface area contributed by atoms with E-state index in [9.17, 15) is 10.2 Å². The number of aromatic hydroxyl groups is 2. The molecule has 2 heterocycles. The summed E-state index contributed by atoms with van der Waals surface area (Å²) < 4.78 is 1.73. The average molecular weight is 218 g/mol. The maximum atomic E-state index is 9.68. The highest BCUT2D eigenvalue weighted by Crippen LogP contribution is 2.34. The van der Waals surface area contributed by atoms with E-state index < -0.39 is 0 Å². The van der Waals surface area contributed by atoms with Crippen molar-refractivity contribution in [1.82, 2.24) is 9.55 Å². The van der Waals surface area contributed by atoms with E-state index in [0.29, 0.717) is 11.9 Å². The Hall–Kier alpha value is -2.24. The second-order valence-corrected chi connectivity index (χ2v) is 3.69. The summed E-state index contributed by atoms with van der Waals surface area (Å²) in [7, 11) is 0. The number of aromatic nitrogens is 2. The Labute approximate surface area is 90.3 Å². The van der Waals surface area contributed by atoms with Crippen molar-refractivity contribution in [3.05, 3.63) is 17.8 Å². The molecule has 16 heavy (non-hydrogen) atoms. The highest BCUT2D eigenvalue weighted by Gasteiger charge is 2.17. The van der Waals surface area contributed by atoms with Crippen LogP contribution in [-0.4, -0.2) is 26.3 Å². The average Bonchev–Trinajstić information content (AvgIpc) is 2.74. The third-order valence-corrected chi connectivity index (χ3v) is 2.76. The Balaban J connectivity index is 2.52. The fourth-order valence-electron chi connectivity index (χ4n) is 1.99. The number of phenolic OH excluding ortho intramolecular Hbond substituents is 2. The van der Waals surface area contributed by atoms with Crippen LogP contribution in [-0.2, 0) is 6.54 Å². The lowest BCUT2D eigenvalue weighted by Gasteiger charge is -2.08. The molecule has 0 amide bonds. The van der Waals surface area contributed by atoms with Crippen LogP contribution in [0.4, 0.5) is 5.82 Å². The number of nitrogens with zero attached hydrogens (tertiary/aromatic N) is 2. The lowest BCUT2D eigenvalue weighted by atomic mass is 10.2. The first-order chi connectivity index (χ1) is 7.68. The summed E-state index contributed by atoms with van der Waals surface area (Å²) >= 11 is 0. The van der Waals surface area contributed by atoms with Gasteiger partial charge in [-0.3, -0.25) is 9.98 Å². The Morgan fingerprint density at radius 3 is 3.00 bits per heavy atom. The Bertz CT molecular complexity index is 647. The molecule has 0 fully saturated rings. The van der Waals surface area contributed by atoms with E-state index in [1.165, 1.54) is 6.07 Å². The summed E-state index contributed by atoms with van der Waals surface area (Å²) in [6.45, 7) is 1.44. The van der Waals surface area contributed by atoms with E-state index in [-0.39, 0.29) is 22.6 Å². The number of rotatable bonds is 0. The van der Waals surface area contributed by atoms with Gasteiger partial charge in [-0.2, -0.15) is 0 Å². The molecule has 0 aliphatic carbocycles. The van der Waals surface area contributed by atoms with Gasteiger partial charge in [-0.25, -0.2) is 4.98 Å². The van der Waals surface area contributed by atoms with Crippen LogP contribution < -0.4 is 10.9 Å². The number of nitrogens with one attached hydrogen (secondary N) is 2. The molecule has 1 aliphatic rings. The van der Waals surface area contributed by atoms with Crippen molar-refractivity contribution in [2.75, 3.05) is 11.9 Å². The smallest absolute Gasteiger partial charge is 0.224 e. The van der Waals surface area contributed by atoms with Gasteiger partial charge >= 0.3 is 0 Å². The number of hydrogen-bond donors (Lipinski definition) is 4. The molecule has 0 saturated heterocycles. The van der Waals surface area contributed by atoms with Gasteiger partial charge in [-0.05, 0) is 12.1 Å². The molecule has 1 aliphatic heterocycles. The summed E-state index contributed by atoms with van der Waals surface area (Å²) in [4.78, 5) is 3.99. The van der Waals surface area contributed by atoms with Gasteiger partial charge in [0.15, 0.2) is 11.5 Å². The number of fused-ring (bicyclic) bond motifs is 3. The highest BCUT2D eigenvalue weighted by atomic mass is 16.3. The first-order valence-electron chi connectivity index (χ1n) is 4.92. The van der Waals surface area contributed by atoms with E-state index in [2.05, 4.69) is 10.3 Å². The maximum Gasteiger partial charge on any atom is 0.224 e. The van der Waals surface area contributed by atoms with Gasteiger partial charge in [-0.1, -0.05) is 0 Å². The molecule has 0 radical (unpaired) electrons. The largest absolute Gasteiger partial charge is 0.504 e. The van der Waals surface area contributed by atoms with Crippen molar-refractivity contribution in [2.24, 2.45) is 0 Å². The van der Waals surface area contributed by atoms with E-state index in [1.807, 2.05) is 0 Å². The van der Waals surface area contributed by atoms with E-state index in [4.69, 9.17) is 5.41 Å². The quantitative estimate of drug-likeness (QED) is 0.480. The van der Waals surface area contributed by atoms with Crippen molar-refractivity contribution >= 4 is 16.7 Å². The fourth-order valence-corrected chi connectivity index (χ4v) is 1.99. The molecule has 2 aromatic rings. The Morgan fingerprint density at radius 1 is 1.38 bits per heavy atom. The standard InChI is InChI=1S/C10H10N4O2/c11-10-13-7-5(1-2-6(15)8(7)16)9-12-3-4-14(9)10/h1-2,11-12,15-16H,3-4H2. The second kappa shape index (κ2) is 2.88. The number of anilines is 1. The van der Waals surface area contributed by atoms with Crippen LogP contribution in [0.2, 0.25) is 0 Å². The number of hydrogen-bond acceptors (Lipinski definition) is 5. The molecule has 4 N–H and O–H groups in total. The van der Waals surface area contributed by atoms with E-state index in [0.717, 1.165) is 12.4 Å². The van der Waals surface area contributed by atoms with Gasteiger partial charge in [0.1, 0.15) is 11.3 Å². The van der Waals surface area contributed by atoms with Crippen molar-refractivity contribution in [2.45, 2.75) is 6.54 Å². The molecule has 3 rings (SSSR count). The van der Waals surface area contributed by atoms with Crippen LogP contribution in [0.3, 0.4) is 0 Å². The topological polar surface area (TPSA) is 94.2 Å². The summed E-state index contributed by atoms with van der Waals surface area (Å²) in [6, 6.07) is 3.10. The molecule has 0 saturated carbocycles. The number of phenols is 2. The third-order valence-electron chi connectivity index (χ3n) is 2.76. The molecule has 0 unspecified atom stereocenters. The Morgan fingerprint density at radius 2 is 2.19 bits per heavy atom. The van der Waals surface area contributed by atoms with Crippen LogP contribution in [0, 0.1) is 5.41 Å². The minimum atomic E-state index is -0.275. The van der Waals surface area contributed by atoms with Crippen LogP contribution >= 0.6 is 0 Å². The molecule has 82 valence electrons. The second-order valence-electron chi connectivity index (χ2n) is 3.69. The SMILES string of the molecule is N=c1nc2c(O)c(O)ccc2c2n1CCN2. The molecule has 6 nitrogen and oxygen atoms in total.